The molecule has 0 aliphatic carbocycles. The summed E-state index contributed by atoms with van der Waals surface area (Å²) in [4.78, 5) is -2.82. The van der Waals surface area contributed by atoms with Gasteiger partial charge in [-0.15, -0.1) is 10.2 Å². The summed E-state index contributed by atoms with van der Waals surface area (Å²) < 4.78 is 103. The van der Waals surface area contributed by atoms with E-state index in [1.165, 1.54) is 12.1 Å². The van der Waals surface area contributed by atoms with Gasteiger partial charge in [0.1, 0.15) is 41.7 Å². The van der Waals surface area contributed by atoms with E-state index in [0.29, 0.717) is 18.2 Å². The van der Waals surface area contributed by atoms with E-state index in [0.717, 1.165) is 12.1 Å². The van der Waals surface area contributed by atoms with Gasteiger partial charge in [0.15, 0.2) is 5.75 Å². The van der Waals surface area contributed by atoms with Crippen LogP contribution in [0.2, 0.25) is 0 Å². The molecule has 0 saturated heterocycles. The topological polar surface area (TPSA) is 243 Å². The molecule has 0 aliphatic heterocycles. The largest absolute Gasteiger partial charge is 1.00 e. The molecule has 0 heterocycles. The monoisotopic (exact) mass is 523 g/mol. The summed E-state index contributed by atoms with van der Waals surface area (Å²) in [7, 11) is -15.4. The Morgan fingerprint density at radius 3 is 1.91 bits per heavy atom. The maximum absolute atomic E-state index is 11.7. The first-order chi connectivity index (χ1) is 14.6. The molecule has 33 heavy (non-hydrogen) atoms. The summed E-state index contributed by atoms with van der Waals surface area (Å²) in [5.74, 6) is -1.02. The van der Waals surface area contributed by atoms with Crippen molar-refractivity contribution < 1.29 is 73.6 Å². The zero-order valence-corrected chi connectivity index (χ0v) is 20.8. The summed E-state index contributed by atoms with van der Waals surface area (Å²) in [6.45, 7) is 0. The van der Waals surface area contributed by atoms with Gasteiger partial charge in [0, 0.05) is 11.1 Å². The number of nitrogen functional groups attached to an aromatic ring is 1. The predicted octanol–water partition coefficient (Wildman–Crippen LogP) is -1.74. The Labute approximate surface area is 209 Å². The predicted molar refractivity (Wildman–Crippen MR) is 105 cm³/mol. The third-order valence-corrected chi connectivity index (χ3v) is 6.65. The summed E-state index contributed by atoms with van der Waals surface area (Å²) in [6.07, 6.45) is 0. The molecule has 0 fully saturated rings. The summed E-state index contributed by atoms with van der Waals surface area (Å²) in [5.41, 5.74) is 3.75. The average Bonchev–Trinajstić information content (AvgIpc) is 2.64. The van der Waals surface area contributed by atoms with Crippen molar-refractivity contribution in [2.24, 2.45) is 10.2 Å². The summed E-state index contributed by atoms with van der Waals surface area (Å²) in [5, 5.41) is 16.7. The smallest absolute Gasteiger partial charge is 0.744 e. The maximum Gasteiger partial charge on any atom is 1.00 e. The number of hydrogen-bond donors (Lipinski definition) is 2. The Balaban J connectivity index is 0.00000385. The average molecular weight is 523 g/mol. The molecule has 0 atom stereocenters. The molecule has 0 amide bonds. The van der Waals surface area contributed by atoms with Crippen molar-refractivity contribution in [1.82, 2.24) is 0 Å². The van der Waals surface area contributed by atoms with E-state index in [4.69, 9.17) is 5.73 Å². The van der Waals surface area contributed by atoms with Crippen LogP contribution in [0, 0.1) is 0 Å². The standard InChI is InChI=1S/C16H13N3O10S3.Na/c17-10-7-9(30(21,22)23)5-8-6-13(32(27,28)29)15(16(20)14(8)10)19-18-11-3-1-2-4-12(11)31(24,25)26;/h1-7,20H,17H2,(H,21,22,23)(H,24,25,26)(H,27,28,29);/q;+1/p-3. The van der Waals surface area contributed by atoms with Crippen LogP contribution in [0.25, 0.3) is 10.8 Å². The molecule has 3 N–H and O–H groups in total. The van der Waals surface area contributed by atoms with Crippen LogP contribution in [0.4, 0.5) is 17.1 Å². The molecule has 0 unspecified atom stereocenters. The van der Waals surface area contributed by atoms with Crippen LogP contribution in [0.3, 0.4) is 0 Å². The van der Waals surface area contributed by atoms with Crippen molar-refractivity contribution in [3.05, 3.63) is 42.5 Å². The number of fused-ring (bicyclic) bond motifs is 1. The van der Waals surface area contributed by atoms with Gasteiger partial charge in [0.05, 0.1) is 14.7 Å². The third kappa shape index (κ3) is 5.68. The first-order valence-corrected chi connectivity index (χ1v) is 12.3. The van der Waals surface area contributed by atoms with Crippen molar-refractivity contribution >= 4 is 58.2 Å². The fourth-order valence-electron chi connectivity index (χ4n) is 2.78. The van der Waals surface area contributed by atoms with E-state index in [2.05, 4.69) is 10.2 Å². The summed E-state index contributed by atoms with van der Waals surface area (Å²) in [6, 6.07) is 6.48. The Kier molecular flexibility index (Phi) is 7.59. The fraction of sp³-hybridized carbons (Fsp3) is 0. The molecule has 0 saturated carbocycles. The number of anilines is 1. The Bertz CT molecular complexity index is 1620. The molecule has 0 radical (unpaired) electrons. The molecule has 17 heteroatoms. The second-order valence-corrected chi connectivity index (χ2v) is 10.3. The van der Waals surface area contributed by atoms with Crippen LogP contribution >= 0.6 is 0 Å². The number of phenols is 1. The van der Waals surface area contributed by atoms with Gasteiger partial charge in [-0.3, -0.25) is 0 Å². The zero-order chi connectivity index (χ0) is 24.1. The van der Waals surface area contributed by atoms with Crippen molar-refractivity contribution in [3.8, 4) is 5.75 Å². The van der Waals surface area contributed by atoms with Gasteiger partial charge >= 0.3 is 29.6 Å². The van der Waals surface area contributed by atoms with Gasteiger partial charge in [-0.05, 0) is 35.7 Å². The minimum atomic E-state index is -5.36. The number of phenolic OH excluding ortho intramolecular Hbond substituents is 1. The van der Waals surface area contributed by atoms with Crippen LogP contribution in [-0.4, -0.2) is 44.0 Å². The number of hydrogen-bond acceptors (Lipinski definition) is 13. The Morgan fingerprint density at radius 1 is 0.788 bits per heavy atom. The van der Waals surface area contributed by atoms with E-state index in [-0.39, 0.29) is 40.3 Å². The first kappa shape index (κ1) is 27.1. The minimum Gasteiger partial charge on any atom is -0.744 e. The van der Waals surface area contributed by atoms with Gasteiger partial charge < -0.3 is 24.5 Å². The van der Waals surface area contributed by atoms with Crippen molar-refractivity contribution in [1.29, 1.82) is 0 Å². The van der Waals surface area contributed by atoms with Crippen LogP contribution in [-0.2, 0) is 30.4 Å². The fourth-order valence-corrected chi connectivity index (χ4v) is 4.58. The Morgan fingerprint density at radius 2 is 1.36 bits per heavy atom. The van der Waals surface area contributed by atoms with Crippen LogP contribution in [0.5, 0.6) is 5.75 Å². The number of rotatable bonds is 5. The maximum atomic E-state index is 11.7. The molecule has 0 aromatic heterocycles. The van der Waals surface area contributed by atoms with E-state index in [1.807, 2.05) is 0 Å². The SMILES string of the molecule is Nc1cc(S(=O)(=O)[O-])cc2cc(S(=O)(=O)[O-])c(N=Nc3ccccc3S(=O)(=O)[O-])c(O)c12.[Na+]. The molecule has 13 nitrogen and oxygen atoms in total. The van der Waals surface area contributed by atoms with Crippen molar-refractivity contribution in [2.45, 2.75) is 14.7 Å². The van der Waals surface area contributed by atoms with E-state index in [9.17, 15) is 44.0 Å². The second kappa shape index (κ2) is 9.24. The van der Waals surface area contributed by atoms with Crippen LogP contribution in [0.15, 0.2) is 67.4 Å². The van der Waals surface area contributed by atoms with E-state index >= 15 is 0 Å². The van der Waals surface area contributed by atoms with Gasteiger partial charge in [-0.1, -0.05) is 12.1 Å². The normalized spacial score (nSPS) is 12.7. The van der Waals surface area contributed by atoms with E-state index < -0.39 is 67.9 Å². The molecule has 170 valence electrons. The van der Waals surface area contributed by atoms with Crippen molar-refractivity contribution in [2.75, 3.05) is 5.73 Å². The van der Waals surface area contributed by atoms with Crippen LogP contribution < -0.4 is 35.3 Å². The molecule has 0 aliphatic rings. The molecule has 0 bridgehead atoms. The molecule has 3 aromatic rings. The summed E-state index contributed by atoms with van der Waals surface area (Å²) >= 11 is 0. The Hall–Kier alpha value is -2.15. The van der Waals surface area contributed by atoms with Gasteiger partial charge in [-0.2, -0.15) is 0 Å². The van der Waals surface area contributed by atoms with Gasteiger partial charge in [-0.25, -0.2) is 25.3 Å². The number of benzene rings is 3. The molecular weight excluding hydrogens is 513 g/mol. The number of nitrogens with zero attached hydrogens (tertiary/aromatic N) is 2. The molecule has 0 spiro atoms. The second-order valence-electron chi connectivity index (χ2n) is 6.21. The van der Waals surface area contributed by atoms with Crippen molar-refractivity contribution in [3.63, 3.8) is 0 Å². The van der Waals surface area contributed by atoms with Gasteiger partial charge in [0.2, 0.25) is 0 Å². The molecular formula is C16H10N3NaO10S3-2. The van der Waals surface area contributed by atoms with Gasteiger partial charge in [0.25, 0.3) is 0 Å². The number of aromatic hydroxyl groups is 1. The quantitative estimate of drug-likeness (QED) is 0.164. The zero-order valence-electron chi connectivity index (χ0n) is 16.4. The number of azo groups is 1. The van der Waals surface area contributed by atoms with E-state index in [1.54, 1.807) is 0 Å². The molecule has 3 aromatic carbocycles. The third-order valence-electron chi connectivity index (χ3n) is 4.10. The minimum absolute atomic E-state index is 0. The first-order valence-electron chi connectivity index (χ1n) is 8.08. The number of nitrogens with two attached hydrogens (primary N) is 1. The molecule has 3 rings (SSSR count). The van der Waals surface area contributed by atoms with Crippen LogP contribution in [0.1, 0.15) is 0 Å².